The van der Waals surface area contributed by atoms with Gasteiger partial charge in [-0.3, -0.25) is 0 Å². The summed E-state index contributed by atoms with van der Waals surface area (Å²) in [6, 6.07) is 3.55. The SMILES string of the molecule is Nc1ncc(-c2cc([C@H]3[C@@H]4COC[C@@H]43)nc(N3CC4CC3C4)n2)cc1OC(F)(F)F. The molecule has 3 saturated heterocycles. The molecule has 30 heavy (non-hydrogen) atoms. The Morgan fingerprint density at radius 1 is 1.13 bits per heavy atom. The molecule has 2 saturated carbocycles. The molecule has 5 aliphatic rings. The second kappa shape index (κ2) is 6.19. The van der Waals surface area contributed by atoms with Crippen LogP contribution >= 0.6 is 0 Å². The van der Waals surface area contributed by atoms with Crippen molar-refractivity contribution >= 4 is 11.8 Å². The standard InChI is InChI=1S/C20H20F3N5O2/c21-20(22,23)30-16-3-10(5-25-18(16)24)14-4-15(17-12-7-29-8-13(12)17)27-19(26-14)28-6-9-1-11(28)2-9/h3-5,9,11-13,17H,1-2,6-8H2,(H2,24,25)/t9?,11?,12-,13+,17+. The average molecular weight is 419 g/mol. The molecule has 2 N–H and O–H groups in total. The number of hydrogen-bond donors (Lipinski definition) is 1. The van der Waals surface area contributed by atoms with E-state index in [1.54, 1.807) is 0 Å². The number of ether oxygens (including phenoxy) is 2. The average Bonchev–Trinajstić information content (AvgIpc) is 3.09. The van der Waals surface area contributed by atoms with Crippen molar-refractivity contribution in [2.45, 2.75) is 31.2 Å². The van der Waals surface area contributed by atoms with E-state index in [1.165, 1.54) is 12.3 Å². The first-order valence-electron chi connectivity index (χ1n) is 10.1. The predicted molar refractivity (Wildman–Crippen MR) is 101 cm³/mol. The van der Waals surface area contributed by atoms with Crippen LogP contribution in [-0.4, -0.2) is 47.1 Å². The summed E-state index contributed by atoms with van der Waals surface area (Å²) in [7, 11) is 0. The van der Waals surface area contributed by atoms with E-state index in [4.69, 9.17) is 20.4 Å². The molecule has 10 heteroatoms. The van der Waals surface area contributed by atoms with E-state index >= 15 is 0 Å². The smallest absolute Gasteiger partial charge is 0.402 e. The Morgan fingerprint density at radius 3 is 2.57 bits per heavy atom. The Bertz CT molecular complexity index is 1000. The van der Waals surface area contributed by atoms with Crippen LogP contribution in [0.25, 0.3) is 11.3 Å². The van der Waals surface area contributed by atoms with Gasteiger partial charge in [0, 0.05) is 30.3 Å². The summed E-state index contributed by atoms with van der Waals surface area (Å²) in [6.07, 6.45) is -1.12. The lowest BCUT2D eigenvalue weighted by Crippen LogP contribution is -2.30. The first-order valence-corrected chi connectivity index (χ1v) is 10.1. The van der Waals surface area contributed by atoms with Crippen molar-refractivity contribution in [3.05, 3.63) is 24.0 Å². The molecule has 0 spiro atoms. The predicted octanol–water partition coefficient (Wildman–Crippen LogP) is 2.98. The molecule has 2 aromatic rings. The molecule has 2 aromatic heterocycles. The maximum Gasteiger partial charge on any atom is 0.573 e. The number of pyridine rings is 1. The maximum atomic E-state index is 12.7. The summed E-state index contributed by atoms with van der Waals surface area (Å²) >= 11 is 0. The van der Waals surface area contributed by atoms with Crippen LogP contribution in [0, 0.1) is 17.8 Å². The number of anilines is 2. The lowest BCUT2D eigenvalue weighted by molar-refractivity contribution is -0.274. The fourth-order valence-electron chi connectivity index (χ4n) is 5.16. The van der Waals surface area contributed by atoms with E-state index < -0.39 is 12.1 Å². The molecule has 0 amide bonds. The molecule has 7 rings (SSSR count). The molecule has 2 bridgehead atoms. The first-order chi connectivity index (χ1) is 14.4. The second-order valence-electron chi connectivity index (χ2n) is 8.67. The largest absolute Gasteiger partial charge is 0.573 e. The monoisotopic (exact) mass is 419 g/mol. The highest BCUT2D eigenvalue weighted by atomic mass is 19.4. The van der Waals surface area contributed by atoms with Crippen LogP contribution in [-0.2, 0) is 4.74 Å². The van der Waals surface area contributed by atoms with Crippen LogP contribution in [0.4, 0.5) is 24.9 Å². The van der Waals surface area contributed by atoms with Crippen LogP contribution in [0.2, 0.25) is 0 Å². The summed E-state index contributed by atoms with van der Waals surface area (Å²) in [5.41, 5.74) is 7.46. The molecule has 5 heterocycles. The topological polar surface area (TPSA) is 86.4 Å². The van der Waals surface area contributed by atoms with Crippen molar-refractivity contribution in [1.82, 2.24) is 15.0 Å². The van der Waals surface area contributed by atoms with Gasteiger partial charge in [-0.25, -0.2) is 15.0 Å². The molecule has 158 valence electrons. The minimum Gasteiger partial charge on any atom is -0.402 e. The highest BCUT2D eigenvalue weighted by Crippen LogP contribution is 2.57. The Hall–Kier alpha value is -2.62. The summed E-state index contributed by atoms with van der Waals surface area (Å²) in [5, 5.41) is 0. The molecule has 7 nitrogen and oxygen atoms in total. The van der Waals surface area contributed by atoms with E-state index in [2.05, 4.69) is 14.6 Å². The maximum absolute atomic E-state index is 12.7. The van der Waals surface area contributed by atoms with Crippen LogP contribution in [0.5, 0.6) is 5.75 Å². The van der Waals surface area contributed by atoms with Crippen LogP contribution in [0.1, 0.15) is 24.5 Å². The fraction of sp³-hybridized carbons (Fsp3) is 0.550. The van der Waals surface area contributed by atoms with Crippen molar-refractivity contribution in [2.24, 2.45) is 17.8 Å². The van der Waals surface area contributed by atoms with Gasteiger partial charge in [0.1, 0.15) is 0 Å². The Kier molecular flexibility index (Phi) is 3.75. The van der Waals surface area contributed by atoms with Crippen molar-refractivity contribution in [3.8, 4) is 17.0 Å². The number of hydrogen-bond acceptors (Lipinski definition) is 7. The summed E-state index contributed by atoms with van der Waals surface area (Å²) in [5.74, 6) is 1.71. The number of nitrogen functional groups attached to an aromatic ring is 1. The van der Waals surface area contributed by atoms with Crippen LogP contribution in [0.3, 0.4) is 0 Å². The molecular weight excluding hydrogens is 399 g/mol. The first kappa shape index (κ1) is 18.2. The zero-order chi connectivity index (χ0) is 20.6. The molecule has 0 radical (unpaired) electrons. The Labute approximate surface area is 170 Å². The number of rotatable bonds is 4. The molecular formula is C20H20F3N5O2. The fourth-order valence-corrected chi connectivity index (χ4v) is 5.16. The van der Waals surface area contributed by atoms with Crippen molar-refractivity contribution in [3.63, 3.8) is 0 Å². The van der Waals surface area contributed by atoms with Gasteiger partial charge in [-0.1, -0.05) is 0 Å². The zero-order valence-corrected chi connectivity index (χ0v) is 16.0. The van der Waals surface area contributed by atoms with Crippen LogP contribution in [0.15, 0.2) is 18.3 Å². The van der Waals surface area contributed by atoms with E-state index in [0.29, 0.717) is 46.9 Å². The quantitative estimate of drug-likeness (QED) is 0.815. The molecule has 0 unspecified atom stereocenters. The molecule has 0 aromatic carbocycles. The summed E-state index contributed by atoms with van der Waals surface area (Å²) in [6.45, 7) is 2.38. The van der Waals surface area contributed by atoms with Gasteiger partial charge in [0.25, 0.3) is 0 Å². The lowest BCUT2D eigenvalue weighted by atomic mass is 9.86. The number of alkyl halides is 3. The van der Waals surface area contributed by atoms with Gasteiger partial charge in [-0.15, -0.1) is 13.2 Å². The highest BCUT2D eigenvalue weighted by Gasteiger charge is 2.56. The zero-order valence-electron chi connectivity index (χ0n) is 16.0. The third-order valence-corrected chi connectivity index (χ3v) is 6.79. The normalized spacial score (nSPS) is 31.4. The van der Waals surface area contributed by atoms with Gasteiger partial charge in [-0.05, 0) is 42.7 Å². The van der Waals surface area contributed by atoms with Crippen molar-refractivity contribution in [2.75, 3.05) is 30.4 Å². The van der Waals surface area contributed by atoms with Gasteiger partial charge in [0.15, 0.2) is 11.6 Å². The molecule has 5 fully saturated rings. The number of nitrogens with zero attached hydrogens (tertiary/aromatic N) is 4. The second-order valence-corrected chi connectivity index (χ2v) is 8.67. The third-order valence-electron chi connectivity index (χ3n) is 6.79. The van der Waals surface area contributed by atoms with Gasteiger partial charge < -0.3 is 20.1 Å². The van der Waals surface area contributed by atoms with E-state index in [-0.39, 0.29) is 5.82 Å². The van der Waals surface area contributed by atoms with E-state index in [1.807, 2.05) is 6.07 Å². The van der Waals surface area contributed by atoms with Gasteiger partial charge in [0.2, 0.25) is 5.95 Å². The van der Waals surface area contributed by atoms with Gasteiger partial charge in [0.05, 0.1) is 24.6 Å². The van der Waals surface area contributed by atoms with E-state index in [0.717, 1.165) is 38.3 Å². The summed E-state index contributed by atoms with van der Waals surface area (Å²) in [4.78, 5) is 15.7. The molecule has 2 aliphatic carbocycles. The Morgan fingerprint density at radius 2 is 1.90 bits per heavy atom. The number of aromatic nitrogens is 3. The number of fused-ring (bicyclic) bond motifs is 2. The third kappa shape index (κ3) is 2.96. The summed E-state index contributed by atoms with van der Waals surface area (Å²) < 4.78 is 47.7. The number of halogens is 3. The van der Waals surface area contributed by atoms with Crippen molar-refractivity contribution in [1.29, 1.82) is 0 Å². The molecule has 3 aliphatic heterocycles. The molecule has 3 atom stereocenters. The van der Waals surface area contributed by atoms with Gasteiger partial charge in [-0.2, -0.15) is 0 Å². The lowest BCUT2D eigenvalue weighted by Gasteiger charge is -2.26. The van der Waals surface area contributed by atoms with Crippen LogP contribution < -0.4 is 15.4 Å². The van der Waals surface area contributed by atoms with E-state index in [9.17, 15) is 13.2 Å². The van der Waals surface area contributed by atoms with Crippen molar-refractivity contribution < 1.29 is 22.6 Å². The Balaban J connectivity index is 1.40. The number of nitrogens with two attached hydrogens (primary N) is 1. The minimum absolute atomic E-state index is 0.310. The minimum atomic E-state index is -4.85. The van der Waals surface area contributed by atoms with Gasteiger partial charge >= 0.3 is 6.36 Å². The highest BCUT2D eigenvalue weighted by molar-refractivity contribution is 5.66.